The Balaban J connectivity index is 1.70. The van der Waals surface area contributed by atoms with Gasteiger partial charge in [-0.25, -0.2) is 0 Å². The summed E-state index contributed by atoms with van der Waals surface area (Å²) in [6, 6.07) is 7.83. The molecule has 4 rings (SSSR count). The third-order valence-corrected chi connectivity index (χ3v) is 5.04. The van der Waals surface area contributed by atoms with Crippen LogP contribution in [-0.2, 0) is 20.7 Å². The van der Waals surface area contributed by atoms with Gasteiger partial charge in [-0.2, -0.15) is 0 Å². The number of benzene rings is 1. The van der Waals surface area contributed by atoms with Crippen molar-refractivity contribution in [3.63, 3.8) is 0 Å². The van der Waals surface area contributed by atoms with E-state index in [0.717, 1.165) is 12.1 Å². The summed E-state index contributed by atoms with van der Waals surface area (Å²) in [5, 5.41) is 9.44. The Morgan fingerprint density at radius 1 is 1.41 bits per heavy atom. The molecular weight excluding hydrogens is 282 g/mol. The molecule has 3 aliphatic rings. The number of fused-ring (bicyclic) bond motifs is 1. The minimum atomic E-state index is -0.960. The monoisotopic (exact) mass is 299 g/mol. The standard InChI is InChI=1S/C17H17NO4/c1-2-10-3-5-11(6-4-10)18-9-17-8-7-12(22-17)13(16(20)21)14(17)15(18)19/h3-8,12-14H,2,9H2,1H3,(H,20,21)/t12-,13-,14+,17+/m0/s1. The predicted octanol–water partition coefficient (Wildman–Crippen LogP) is 1.62. The van der Waals surface area contributed by atoms with Crippen LogP contribution in [0.15, 0.2) is 36.4 Å². The second-order valence-electron chi connectivity index (χ2n) is 6.18. The lowest BCUT2D eigenvalue weighted by molar-refractivity contribution is -0.146. The van der Waals surface area contributed by atoms with Gasteiger partial charge in [0.2, 0.25) is 5.91 Å². The zero-order valence-electron chi connectivity index (χ0n) is 12.2. The van der Waals surface area contributed by atoms with Crippen LogP contribution in [0.2, 0.25) is 0 Å². The Hall–Kier alpha value is -2.14. The molecule has 4 atom stereocenters. The van der Waals surface area contributed by atoms with Crippen molar-refractivity contribution in [1.82, 2.24) is 0 Å². The molecule has 22 heavy (non-hydrogen) atoms. The Kier molecular flexibility index (Phi) is 2.72. The van der Waals surface area contributed by atoms with E-state index in [2.05, 4.69) is 6.92 Å². The normalized spacial score (nSPS) is 35.2. The highest BCUT2D eigenvalue weighted by Gasteiger charge is 2.67. The third kappa shape index (κ3) is 1.63. The molecule has 2 saturated heterocycles. The van der Waals surface area contributed by atoms with E-state index in [1.54, 1.807) is 11.0 Å². The van der Waals surface area contributed by atoms with Gasteiger partial charge in [0.05, 0.1) is 18.6 Å². The maximum absolute atomic E-state index is 12.8. The molecule has 2 fully saturated rings. The zero-order chi connectivity index (χ0) is 15.5. The van der Waals surface area contributed by atoms with Crippen LogP contribution in [0.1, 0.15) is 12.5 Å². The number of carboxylic acids is 1. The van der Waals surface area contributed by atoms with E-state index in [0.29, 0.717) is 6.54 Å². The van der Waals surface area contributed by atoms with Crippen molar-refractivity contribution in [1.29, 1.82) is 0 Å². The highest BCUT2D eigenvalue weighted by atomic mass is 16.5. The number of rotatable bonds is 3. The van der Waals surface area contributed by atoms with Crippen LogP contribution >= 0.6 is 0 Å². The number of carboxylic acid groups (broad SMARTS) is 1. The first-order valence-electron chi connectivity index (χ1n) is 7.56. The van der Waals surface area contributed by atoms with Crippen LogP contribution in [0.4, 0.5) is 5.69 Å². The third-order valence-electron chi connectivity index (χ3n) is 5.04. The van der Waals surface area contributed by atoms with Gasteiger partial charge in [0.1, 0.15) is 11.5 Å². The fourth-order valence-corrected chi connectivity index (χ4v) is 3.91. The van der Waals surface area contributed by atoms with Gasteiger partial charge in [-0.3, -0.25) is 9.59 Å². The summed E-state index contributed by atoms with van der Waals surface area (Å²) in [7, 11) is 0. The summed E-state index contributed by atoms with van der Waals surface area (Å²) in [5.41, 5.74) is 1.23. The minimum absolute atomic E-state index is 0.150. The van der Waals surface area contributed by atoms with E-state index in [1.807, 2.05) is 30.3 Å². The van der Waals surface area contributed by atoms with Gasteiger partial charge in [-0.1, -0.05) is 31.2 Å². The van der Waals surface area contributed by atoms with Crippen molar-refractivity contribution >= 4 is 17.6 Å². The number of nitrogens with zero attached hydrogens (tertiary/aromatic N) is 1. The second-order valence-corrected chi connectivity index (χ2v) is 6.18. The van der Waals surface area contributed by atoms with Crippen molar-refractivity contribution in [2.75, 3.05) is 11.4 Å². The van der Waals surface area contributed by atoms with Gasteiger partial charge >= 0.3 is 5.97 Å². The number of aliphatic carboxylic acids is 1. The van der Waals surface area contributed by atoms with Gasteiger partial charge in [0.25, 0.3) is 0 Å². The molecular formula is C17H17NO4. The summed E-state index contributed by atoms with van der Waals surface area (Å²) in [6.45, 7) is 2.47. The molecule has 3 aliphatic heterocycles. The molecule has 0 radical (unpaired) electrons. The highest BCUT2D eigenvalue weighted by Crippen LogP contribution is 2.52. The van der Waals surface area contributed by atoms with Crippen LogP contribution < -0.4 is 4.90 Å². The SMILES string of the molecule is CCc1ccc(N2C[C@@]34C=C[C@H](O3)[C@H](C(=O)O)[C@@H]4C2=O)cc1. The number of anilines is 1. The summed E-state index contributed by atoms with van der Waals surface area (Å²) < 4.78 is 5.87. The number of carbonyl (C=O) groups is 2. The molecule has 114 valence electrons. The van der Waals surface area contributed by atoms with Crippen molar-refractivity contribution in [2.45, 2.75) is 25.0 Å². The molecule has 1 aromatic rings. The molecule has 1 spiro atoms. The number of hydrogen-bond acceptors (Lipinski definition) is 3. The van der Waals surface area contributed by atoms with Gasteiger partial charge < -0.3 is 14.7 Å². The largest absolute Gasteiger partial charge is 0.481 e. The molecule has 1 N–H and O–H groups in total. The van der Waals surface area contributed by atoms with Crippen molar-refractivity contribution in [2.24, 2.45) is 11.8 Å². The van der Waals surface area contributed by atoms with E-state index in [9.17, 15) is 14.7 Å². The molecule has 1 aromatic carbocycles. The van der Waals surface area contributed by atoms with Gasteiger partial charge in [0, 0.05) is 5.69 Å². The number of amides is 1. The molecule has 2 bridgehead atoms. The van der Waals surface area contributed by atoms with Crippen LogP contribution in [0.3, 0.4) is 0 Å². The minimum Gasteiger partial charge on any atom is -0.481 e. The molecule has 3 heterocycles. The van der Waals surface area contributed by atoms with Crippen molar-refractivity contribution < 1.29 is 19.4 Å². The summed E-state index contributed by atoms with van der Waals surface area (Å²) in [4.78, 5) is 26.0. The lowest BCUT2D eigenvalue weighted by Gasteiger charge is -2.21. The molecule has 1 amide bonds. The topological polar surface area (TPSA) is 66.8 Å². The van der Waals surface area contributed by atoms with Crippen molar-refractivity contribution in [3.05, 3.63) is 42.0 Å². The molecule has 0 saturated carbocycles. The fraction of sp³-hybridized carbons (Fsp3) is 0.412. The molecule has 5 nitrogen and oxygen atoms in total. The maximum Gasteiger partial charge on any atom is 0.310 e. The van der Waals surface area contributed by atoms with Crippen molar-refractivity contribution in [3.8, 4) is 0 Å². The lowest BCUT2D eigenvalue weighted by atomic mass is 9.77. The van der Waals surface area contributed by atoms with Crippen LogP contribution in [-0.4, -0.2) is 35.2 Å². The average Bonchev–Trinajstić information content (AvgIpc) is 3.15. The zero-order valence-corrected chi connectivity index (χ0v) is 12.2. The molecule has 0 aromatic heterocycles. The quantitative estimate of drug-likeness (QED) is 0.861. The van der Waals surface area contributed by atoms with Gasteiger partial charge in [-0.05, 0) is 24.1 Å². The van der Waals surface area contributed by atoms with E-state index in [4.69, 9.17) is 4.74 Å². The lowest BCUT2D eigenvalue weighted by Crippen LogP contribution is -2.39. The van der Waals surface area contributed by atoms with E-state index in [-0.39, 0.29) is 5.91 Å². The summed E-state index contributed by atoms with van der Waals surface area (Å²) >= 11 is 0. The van der Waals surface area contributed by atoms with Gasteiger partial charge in [0.15, 0.2) is 0 Å². The number of aryl methyl sites for hydroxylation is 1. The Morgan fingerprint density at radius 3 is 2.77 bits per heavy atom. The Morgan fingerprint density at radius 2 is 2.14 bits per heavy atom. The second kappa shape index (κ2) is 4.43. The van der Waals surface area contributed by atoms with Crippen LogP contribution in [0, 0.1) is 11.8 Å². The van der Waals surface area contributed by atoms with E-state index >= 15 is 0 Å². The van der Waals surface area contributed by atoms with Gasteiger partial charge in [-0.15, -0.1) is 0 Å². The number of ether oxygens (including phenoxy) is 1. The van der Waals surface area contributed by atoms with E-state index < -0.39 is 29.5 Å². The Labute approximate surface area is 128 Å². The summed E-state index contributed by atoms with van der Waals surface area (Å²) in [5.74, 6) is -2.51. The number of hydrogen-bond donors (Lipinski definition) is 1. The first kappa shape index (κ1) is 13.5. The predicted molar refractivity (Wildman–Crippen MR) is 79.5 cm³/mol. The van der Waals surface area contributed by atoms with E-state index in [1.165, 1.54) is 5.56 Å². The highest BCUT2D eigenvalue weighted by molar-refractivity contribution is 6.02. The number of carbonyl (C=O) groups excluding carboxylic acids is 1. The first-order chi connectivity index (χ1) is 10.6. The molecule has 0 unspecified atom stereocenters. The smallest absolute Gasteiger partial charge is 0.310 e. The first-order valence-corrected chi connectivity index (χ1v) is 7.56. The fourth-order valence-electron chi connectivity index (χ4n) is 3.91. The maximum atomic E-state index is 12.8. The van der Waals surface area contributed by atoms with Crippen LogP contribution in [0.5, 0.6) is 0 Å². The average molecular weight is 299 g/mol. The van der Waals surface area contributed by atoms with Crippen LogP contribution in [0.25, 0.3) is 0 Å². The molecule has 0 aliphatic carbocycles. The molecule has 5 heteroatoms. The Bertz CT molecular complexity index is 680. The summed E-state index contributed by atoms with van der Waals surface area (Å²) in [6.07, 6.45) is 4.12.